The van der Waals surface area contributed by atoms with Gasteiger partial charge in [0.25, 0.3) is 5.56 Å². The van der Waals surface area contributed by atoms with E-state index in [0.717, 1.165) is 18.4 Å². The SMILES string of the molecule is COc1cc2cnn(Cc3ccc(OC)c(OC)c3)c(=O)c2c(N2CCC(CCP(=O)(O)O)CC2)n1. The van der Waals surface area contributed by atoms with E-state index >= 15 is 0 Å². The van der Waals surface area contributed by atoms with Gasteiger partial charge in [0.1, 0.15) is 5.82 Å². The fourth-order valence-corrected chi connectivity index (χ4v) is 5.24. The zero-order valence-corrected chi connectivity index (χ0v) is 21.5. The number of hydrogen-bond donors (Lipinski definition) is 2. The quantitative estimate of drug-likeness (QED) is 0.407. The normalized spacial score (nSPS) is 14.8. The van der Waals surface area contributed by atoms with Crippen LogP contribution in [0.1, 0.15) is 24.8 Å². The Hall–Kier alpha value is -3.14. The Morgan fingerprint density at radius 3 is 2.42 bits per heavy atom. The third kappa shape index (κ3) is 5.80. The molecular weight excluding hydrogens is 487 g/mol. The lowest BCUT2D eigenvalue weighted by atomic mass is 9.94. The minimum Gasteiger partial charge on any atom is -0.493 e. The number of piperidine rings is 1. The number of benzene rings is 1. The molecule has 36 heavy (non-hydrogen) atoms. The van der Waals surface area contributed by atoms with Crippen molar-refractivity contribution in [3.8, 4) is 17.4 Å². The lowest BCUT2D eigenvalue weighted by molar-refractivity contribution is 0.350. The highest BCUT2D eigenvalue weighted by Crippen LogP contribution is 2.38. The van der Waals surface area contributed by atoms with Crippen LogP contribution < -0.4 is 24.7 Å². The summed E-state index contributed by atoms with van der Waals surface area (Å²) >= 11 is 0. The first-order chi connectivity index (χ1) is 17.2. The van der Waals surface area contributed by atoms with Crippen molar-refractivity contribution in [1.82, 2.24) is 14.8 Å². The number of nitrogens with zero attached hydrogens (tertiary/aromatic N) is 4. The molecule has 12 heteroatoms. The third-order valence-corrected chi connectivity index (χ3v) is 7.36. The lowest BCUT2D eigenvalue weighted by Gasteiger charge is -2.33. The Kier molecular flexibility index (Phi) is 7.82. The second-order valence-electron chi connectivity index (χ2n) is 8.86. The Bertz CT molecular complexity index is 1330. The molecule has 1 saturated heterocycles. The molecule has 0 amide bonds. The third-order valence-electron chi connectivity index (χ3n) is 6.52. The highest BCUT2D eigenvalue weighted by atomic mass is 31.2. The first kappa shape index (κ1) is 25.9. The molecule has 0 saturated carbocycles. The summed E-state index contributed by atoms with van der Waals surface area (Å²) in [5.74, 6) is 2.31. The van der Waals surface area contributed by atoms with E-state index in [4.69, 9.17) is 14.2 Å². The van der Waals surface area contributed by atoms with E-state index in [2.05, 4.69) is 10.1 Å². The van der Waals surface area contributed by atoms with Crippen molar-refractivity contribution in [3.63, 3.8) is 0 Å². The van der Waals surface area contributed by atoms with Gasteiger partial charge in [0.2, 0.25) is 5.88 Å². The number of pyridine rings is 1. The van der Waals surface area contributed by atoms with E-state index in [1.165, 1.54) is 11.8 Å². The highest BCUT2D eigenvalue weighted by molar-refractivity contribution is 7.51. The van der Waals surface area contributed by atoms with Gasteiger partial charge >= 0.3 is 7.60 Å². The van der Waals surface area contributed by atoms with Crippen molar-refractivity contribution in [2.45, 2.75) is 25.8 Å². The predicted octanol–water partition coefficient (Wildman–Crippen LogP) is 2.65. The van der Waals surface area contributed by atoms with Crippen LogP contribution in [0.25, 0.3) is 10.8 Å². The number of anilines is 1. The second kappa shape index (κ2) is 10.9. The zero-order chi connectivity index (χ0) is 25.9. The number of hydrogen-bond acceptors (Lipinski definition) is 8. The van der Waals surface area contributed by atoms with Gasteiger partial charge in [-0.2, -0.15) is 10.1 Å². The van der Waals surface area contributed by atoms with Gasteiger partial charge < -0.3 is 28.9 Å². The summed E-state index contributed by atoms with van der Waals surface area (Å²) in [6, 6.07) is 7.15. The molecule has 1 aliphatic rings. The molecule has 0 spiro atoms. The van der Waals surface area contributed by atoms with Gasteiger partial charge in [-0.15, -0.1) is 0 Å². The molecule has 194 valence electrons. The molecule has 0 bridgehead atoms. The smallest absolute Gasteiger partial charge is 0.325 e. The molecule has 11 nitrogen and oxygen atoms in total. The summed E-state index contributed by atoms with van der Waals surface area (Å²) in [5.41, 5.74) is 0.562. The average molecular weight is 519 g/mol. The van der Waals surface area contributed by atoms with Crippen LogP contribution in [-0.2, 0) is 11.1 Å². The van der Waals surface area contributed by atoms with Gasteiger partial charge in [0.15, 0.2) is 11.5 Å². The predicted molar refractivity (Wildman–Crippen MR) is 135 cm³/mol. The van der Waals surface area contributed by atoms with E-state index in [9.17, 15) is 19.1 Å². The topological polar surface area (TPSA) is 136 Å². The van der Waals surface area contributed by atoms with Crippen molar-refractivity contribution in [2.24, 2.45) is 5.92 Å². The van der Waals surface area contributed by atoms with Crippen molar-refractivity contribution >= 4 is 24.2 Å². The molecule has 0 atom stereocenters. The van der Waals surface area contributed by atoms with Crippen LogP contribution >= 0.6 is 7.60 Å². The largest absolute Gasteiger partial charge is 0.493 e. The molecular formula is C24H31N4O7P. The summed E-state index contributed by atoms with van der Waals surface area (Å²) in [6.45, 7) is 1.49. The van der Waals surface area contributed by atoms with Crippen LogP contribution in [0.4, 0.5) is 5.82 Å². The molecule has 1 aliphatic heterocycles. The van der Waals surface area contributed by atoms with E-state index in [1.807, 2.05) is 17.0 Å². The van der Waals surface area contributed by atoms with Gasteiger partial charge in [-0.05, 0) is 42.9 Å². The summed E-state index contributed by atoms with van der Waals surface area (Å²) < 4.78 is 28.7. The fourth-order valence-electron chi connectivity index (χ4n) is 4.54. The van der Waals surface area contributed by atoms with Crippen molar-refractivity contribution in [1.29, 1.82) is 0 Å². The fraction of sp³-hybridized carbons (Fsp3) is 0.458. The van der Waals surface area contributed by atoms with Crippen LogP contribution in [0, 0.1) is 5.92 Å². The van der Waals surface area contributed by atoms with Crippen LogP contribution in [-0.4, -0.2) is 65.1 Å². The maximum Gasteiger partial charge on any atom is 0.325 e. The van der Waals surface area contributed by atoms with Crippen molar-refractivity contribution in [2.75, 3.05) is 45.5 Å². The van der Waals surface area contributed by atoms with Crippen LogP contribution in [0.2, 0.25) is 0 Å². The Labute approximate surface area is 208 Å². The minimum atomic E-state index is -4.01. The summed E-state index contributed by atoms with van der Waals surface area (Å²) in [5, 5.41) is 5.47. The molecule has 0 aliphatic carbocycles. The molecule has 3 heterocycles. The van der Waals surface area contributed by atoms with Crippen molar-refractivity contribution in [3.05, 3.63) is 46.4 Å². The van der Waals surface area contributed by atoms with Gasteiger partial charge in [-0.3, -0.25) is 9.36 Å². The minimum absolute atomic E-state index is 0.107. The molecule has 1 aromatic carbocycles. The first-order valence-electron chi connectivity index (χ1n) is 11.7. The number of rotatable bonds is 9. The summed E-state index contributed by atoms with van der Waals surface area (Å²) in [6.07, 6.45) is 3.52. The molecule has 0 radical (unpaired) electrons. The number of ether oxygens (including phenoxy) is 3. The van der Waals surface area contributed by atoms with E-state index in [-0.39, 0.29) is 24.2 Å². The number of fused-ring (bicyclic) bond motifs is 1. The standard InChI is InChI=1S/C24H31N4O7P/c1-33-19-5-4-17(12-20(19)34-2)15-28-24(29)22-18(14-25-28)13-21(35-3)26-23(22)27-9-6-16(7-10-27)8-11-36(30,31)32/h4-5,12-14,16H,6-11,15H2,1-3H3,(H2,30,31,32). The lowest BCUT2D eigenvalue weighted by Crippen LogP contribution is -2.36. The average Bonchev–Trinajstić information content (AvgIpc) is 2.88. The zero-order valence-electron chi connectivity index (χ0n) is 20.6. The highest BCUT2D eigenvalue weighted by Gasteiger charge is 2.26. The second-order valence-corrected chi connectivity index (χ2v) is 10.6. The van der Waals surface area contributed by atoms with Crippen molar-refractivity contribution < 1.29 is 28.6 Å². The Morgan fingerprint density at radius 2 is 1.78 bits per heavy atom. The van der Waals surface area contributed by atoms with Crippen LogP contribution in [0.5, 0.6) is 17.4 Å². The van der Waals surface area contributed by atoms with E-state index in [1.54, 1.807) is 32.5 Å². The summed E-state index contributed by atoms with van der Waals surface area (Å²) in [4.78, 5) is 38.6. The molecule has 0 unspecified atom stereocenters. The Balaban J connectivity index is 1.64. The molecule has 4 rings (SSSR count). The first-order valence-corrected chi connectivity index (χ1v) is 13.5. The monoisotopic (exact) mass is 518 g/mol. The Morgan fingerprint density at radius 1 is 1.06 bits per heavy atom. The van der Waals surface area contributed by atoms with Crippen LogP contribution in [0.15, 0.2) is 35.3 Å². The van der Waals surface area contributed by atoms with Crippen LogP contribution in [0.3, 0.4) is 0 Å². The maximum atomic E-state index is 13.6. The number of aromatic nitrogens is 3. The molecule has 2 N–H and O–H groups in total. The van der Waals surface area contributed by atoms with Gasteiger partial charge in [0, 0.05) is 24.5 Å². The maximum absolute atomic E-state index is 13.6. The van der Waals surface area contributed by atoms with Gasteiger partial charge in [-0.1, -0.05) is 6.07 Å². The summed E-state index contributed by atoms with van der Waals surface area (Å²) in [7, 11) is 0.641. The molecule has 3 aromatic rings. The van der Waals surface area contributed by atoms with Gasteiger partial charge in [0.05, 0.1) is 45.6 Å². The molecule has 2 aromatic heterocycles. The van der Waals surface area contributed by atoms with E-state index < -0.39 is 7.60 Å². The molecule has 1 fully saturated rings. The van der Waals surface area contributed by atoms with Gasteiger partial charge in [-0.25, -0.2) is 4.68 Å². The number of methoxy groups -OCH3 is 3. The van der Waals surface area contributed by atoms with E-state index in [0.29, 0.717) is 53.5 Å².